The summed E-state index contributed by atoms with van der Waals surface area (Å²) in [6.07, 6.45) is 0.172. The molecule has 0 radical (unpaired) electrons. The lowest BCUT2D eigenvalue weighted by Gasteiger charge is -2.10. The molecular formula is C15H15Cl2F2N3O2. The first-order valence-corrected chi connectivity index (χ1v) is 7.77. The second kappa shape index (κ2) is 7.81. The number of hydrogen-bond acceptors (Lipinski definition) is 3. The van der Waals surface area contributed by atoms with Crippen LogP contribution in [0.5, 0.6) is 5.75 Å². The van der Waals surface area contributed by atoms with E-state index in [0.717, 1.165) is 5.69 Å². The SMILES string of the molecule is Cc1nn(CCC(=O)Nc2ccc(OC(F)F)c(Cl)c2)c(C)c1Cl. The second-order valence-electron chi connectivity index (χ2n) is 5.03. The Labute approximate surface area is 147 Å². The predicted octanol–water partition coefficient (Wildman–Crippen LogP) is 4.44. The van der Waals surface area contributed by atoms with Gasteiger partial charge in [0.1, 0.15) is 5.75 Å². The van der Waals surface area contributed by atoms with Gasteiger partial charge in [-0.1, -0.05) is 23.2 Å². The third-order valence-electron chi connectivity index (χ3n) is 3.28. The van der Waals surface area contributed by atoms with Gasteiger partial charge in [0.2, 0.25) is 5.91 Å². The molecule has 0 bridgehead atoms. The first kappa shape index (κ1) is 18.5. The lowest BCUT2D eigenvalue weighted by atomic mass is 10.3. The number of rotatable bonds is 6. The number of benzene rings is 1. The molecule has 0 aliphatic rings. The summed E-state index contributed by atoms with van der Waals surface area (Å²) in [4.78, 5) is 12.0. The molecule has 1 amide bonds. The summed E-state index contributed by atoms with van der Waals surface area (Å²) in [5, 5.41) is 7.44. The minimum atomic E-state index is -2.96. The maximum absolute atomic E-state index is 12.2. The second-order valence-corrected chi connectivity index (χ2v) is 5.81. The molecule has 2 rings (SSSR count). The van der Waals surface area contributed by atoms with Crippen LogP contribution in [0.1, 0.15) is 17.8 Å². The van der Waals surface area contributed by atoms with Crippen LogP contribution >= 0.6 is 23.2 Å². The molecule has 1 N–H and O–H groups in total. The first-order chi connectivity index (χ1) is 11.3. The number of anilines is 1. The summed E-state index contributed by atoms with van der Waals surface area (Å²) in [6, 6.07) is 4.05. The van der Waals surface area contributed by atoms with Gasteiger partial charge in [-0.15, -0.1) is 0 Å². The van der Waals surface area contributed by atoms with Crippen LogP contribution in [0.25, 0.3) is 0 Å². The van der Waals surface area contributed by atoms with E-state index >= 15 is 0 Å². The van der Waals surface area contributed by atoms with Gasteiger partial charge in [-0.2, -0.15) is 13.9 Å². The van der Waals surface area contributed by atoms with E-state index in [1.807, 2.05) is 6.92 Å². The van der Waals surface area contributed by atoms with Crippen LogP contribution in [0, 0.1) is 13.8 Å². The lowest BCUT2D eigenvalue weighted by Crippen LogP contribution is -2.15. The predicted molar refractivity (Wildman–Crippen MR) is 88.0 cm³/mol. The molecule has 0 spiro atoms. The molecule has 1 aromatic heterocycles. The summed E-state index contributed by atoms with van der Waals surface area (Å²) in [5.74, 6) is -0.417. The third kappa shape index (κ3) is 4.58. The largest absolute Gasteiger partial charge is 0.433 e. The van der Waals surface area contributed by atoms with Crippen LogP contribution in [-0.2, 0) is 11.3 Å². The van der Waals surface area contributed by atoms with E-state index in [2.05, 4.69) is 15.2 Å². The minimum absolute atomic E-state index is 0.0153. The number of carbonyl (C=O) groups excluding carboxylic acids is 1. The van der Waals surface area contributed by atoms with Crippen LogP contribution in [0.3, 0.4) is 0 Å². The monoisotopic (exact) mass is 377 g/mol. The van der Waals surface area contributed by atoms with E-state index in [0.29, 0.717) is 22.9 Å². The number of aromatic nitrogens is 2. The summed E-state index contributed by atoms with van der Waals surface area (Å²) in [7, 11) is 0. The molecule has 0 aliphatic carbocycles. The zero-order valence-corrected chi connectivity index (χ0v) is 14.5. The maximum Gasteiger partial charge on any atom is 0.387 e. The van der Waals surface area contributed by atoms with E-state index in [1.54, 1.807) is 11.6 Å². The Morgan fingerprint density at radius 1 is 1.38 bits per heavy atom. The first-order valence-electron chi connectivity index (χ1n) is 7.01. The average molecular weight is 378 g/mol. The Kier molecular flexibility index (Phi) is 6.01. The number of aryl methyl sites for hydroxylation is 2. The topological polar surface area (TPSA) is 56.2 Å². The molecule has 1 heterocycles. The van der Waals surface area contributed by atoms with Crippen molar-refractivity contribution in [2.24, 2.45) is 0 Å². The number of amides is 1. The lowest BCUT2D eigenvalue weighted by molar-refractivity contribution is -0.116. The number of alkyl halides is 2. The van der Waals surface area contributed by atoms with E-state index in [1.165, 1.54) is 18.2 Å². The van der Waals surface area contributed by atoms with Crippen LogP contribution in [-0.4, -0.2) is 22.3 Å². The van der Waals surface area contributed by atoms with Gasteiger partial charge in [-0.05, 0) is 32.0 Å². The molecule has 1 aromatic carbocycles. The molecule has 0 unspecified atom stereocenters. The summed E-state index contributed by atoms with van der Waals surface area (Å²) >= 11 is 11.9. The van der Waals surface area contributed by atoms with Crippen molar-refractivity contribution in [3.05, 3.63) is 39.6 Å². The molecule has 2 aromatic rings. The Morgan fingerprint density at radius 2 is 2.08 bits per heavy atom. The molecule has 0 fully saturated rings. The fourth-order valence-corrected chi connectivity index (χ4v) is 2.45. The number of halogens is 4. The molecule has 24 heavy (non-hydrogen) atoms. The van der Waals surface area contributed by atoms with E-state index in [4.69, 9.17) is 23.2 Å². The highest BCUT2D eigenvalue weighted by atomic mass is 35.5. The van der Waals surface area contributed by atoms with Crippen molar-refractivity contribution < 1.29 is 18.3 Å². The smallest absolute Gasteiger partial charge is 0.387 e. The standard InChI is InChI=1S/C15H15Cl2F2N3O2/c1-8-14(17)9(2)22(21-8)6-5-13(23)20-10-3-4-12(11(16)7-10)24-15(18)19/h3-4,7,15H,5-6H2,1-2H3,(H,20,23). The minimum Gasteiger partial charge on any atom is -0.433 e. The highest BCUT2D eigenvalue weighted by Gasteiger charge is 2.12. The van der Waals surface area contributed by atoms with Crippen LogP contribution < -0.4 is 10.1 Å². The fraction of sp³-hybridized carbons (Fsp3) is 0.333. The normalized spacial score (nSPS) is 11.0. The van der Waals surface area contributed by atoms with Crippen LogP contribution in [0.4, 0.5) is 14.5 Å². The molecule has 130 valence electrons. The number of nitrogens with one attached hydrogen (secondary N) is 1. The third-order valence-corrected chi connectivity index (χ3v) is 4.12. The summed E-state index contributed by atoms with van der Waals surface area (Å²) < 4.78 is 30.2. The van der Waals surface area contributed by atoms with Crippen molar-refractivity contribution in [1.82, 2.24) is 9.78 Å². The van der Waals surface area contributed by atoms with Gasteiger partial charge in [0.25, 0.3) is 0 Å². The average Bonchev–Trinajstić information content (AvgIpc) is 2.75. The van der Waals surface area contributed by atoms with E-state index in [-0.39, 0.29) is 23.1 Å². The number of carbonyl (C=O) groups is 1. The maximum atomic E-state index is 12.2. The molecular weight excluding hydrogens is 363 g/mol. The van der Waals surface area contributed by atoms with Gasteiger partial charge in [0, 0.05) is 12.1 Å². The Morgan fingerprint density at radius 3 is 2.62 bits per heavy atom. The molecule has 0 saturated heterocycles. The van der Waals surface area contributed by atoms with Crippen molar-refractivity contribution >= 4 is 34.8 Å². The highest BCUT2D eigenvalue weighted by molar-refractivity contribution is 6.32. The zero-order valence-electron chi connectivity index (χ0n) is 12.9. The van der Waals surface area contributed by atoms with Crippen molar-refractivity contribution in [3.8, 4) is 5.75 Å². The molecule has 0 saturated carbocycles. The van der Waals surface area contributed by atoms with Gasteiger partial charge in [0.15, 0.2) is 0 Å². The van der Waals surface area contributed by atoms with Crippen molar-refractivity contribution in [3.63, 3.8) is 0 Å². The zero-order chi connectivity index (χ0) is 17.9. The van der Waals surface area contributed by atoms with Crippen LogP contribution in [0.2, 0.25) is 10.0 Å². The van der Waals surface area contributed by atoms with Gasteiger partial charge in [-0.3, -0.25) is 9.48 Å². The Balaban J connectivity index is 1.94. The van der Waals surface area contributed by atoms with Gasteiger partial charge >= 0.3 is 6.61 Å². The molecule has 0 atom stereocenters. The Bertz CT molecular complexity index is 751. The van der Waals surface area contributed by atoms with Gasteiger partial charge < -0.3 is 10.1 Å². The number of ether oxygens (including phenoxy) is 1. The van der Waals surface area contributed by atoms with Gasteiger partial charge in [-0.25, -0.2) is 0 Å². The summed E-state index contributed by atoms with van der Waals surface area (Å²) in [5.41, 5.74) is 1.88. The van der Waals surface area contributed by atoms with E-state index < -0.39 is 6.61 Å². The molecule has 5 nitrogen and oxygen atoms in total. The molecule has 0 aliphatic heterocycles. The molecule has 9 heteroatoms. The van der Waals surface area contributed by atoms with Crippen LogP contribution in [0.15, 0.2) is 18.2 Å². The summed E-state index contributed by atoms with van der Waals surface area (Å²) in [6.45, 7) is 1.01. The van der Waals surface area contributed by atoms with Crippen molar-refractivity contribution in [1.29, 1.82) is 0 Å². The Hall–Kier alpha value is -1.86. The number of hydrogen-bond donors (Lipinski definition) is 1. The van der Waals surface area contributed by atoms with Crippen molar-refractivity contribution in [2.45, 2.75) is 33.4 Å². The number of nitrogens with zero attached hydrogens (tertiary/aromatic N) is 2. The van der Waals surface area contributed by atoms with E-state index in [9.17, 15) is 13.6 Å². The fourth-order valence-electron chi connectivity index (χ4n) is 2.09. The quantitative estimate of drug-likeness (QED) is 0.809. The van der Waals surface area contributed by atoms with Gasteiger partial charge in [0.05, 0.1) is 28.0 Å². The van der Waals surface area contributed by atoms with Crippen molar-refractivity contribution in [2.75, 3.05) is 5.32 Å². The highest BCUT2D eigenvalue weighted by Crippen LogP contribution is 2.29.